The van der Waals surface area contributed by atoms with Gasteiger partial charge >= 0.3 is 0 Å². The summed E-state index contributed by atoms with van der Waals surface area (Å²) in [6.45, 7) is 0. The molecule has 10 aromatic rings. The maximum atomic E-state index is 6.32. The molecule has 9 aromatic carbocycles. The Hall–Kier alpha value is -6.51. The van der Waals surface area contributed by atoms with Crippen molar-refractivity contribution in [3.05, 3.63) is 176 Å². The van der Waals surface area contributed by atoms with Gasteiger partial charge in [-0.15, -0.1) is 0 Å². The van der Waals surface area contributed by atoms with Crippen LogP contribution in [0.4, 0.5) is 0 Å². The van der Waals surface area contributed by atoms with Crippen LogP contribution < -0.4 is 0 Å². The topological polar surface area (TPSA) is 26.0 Å². The summed E-state index contributed by atoms with van der Waals surface area (Å²) in [6, 6.07) is 62.9. The van der Waals surface area contributed by atoms with Crippen LogP contribution in [0, 0.1) is 0 Å². The van der Waals surface area contributed by atoms with E-state index in [1.165, 1.54) is 65.7 Å². The van der Waals surface area contributed by atoms with Gasteiger partial charge in [-0.1, -0.05) is 158 Å². The standard InChI is InChI=1S/C47H29NO/c1-3-12-30(13-4-1)31-22-24-32(25-23-31)43-38-16-7-9-18-40(38)45(41-19-10-8-17-39(41)43)37-21-11-20-36-35(37)28-26-33-27-29-42-46(44(33)36)48-47(49-42)34-14-5-2-6-15-34/h1-29H. The number of fused-ring (bicyclic) bond motifs is 7. The molecule has 0 saturated carbocycles. The van der Waals surface area contributed by atoms with E-state index < -0.39 is 0 Å². The van der Waals surface area contributed by atoms with Gasteiger partial charge in [-0.05, 0) is 89.3 Å². The van der Waals surface area contributed by atoms with Crippen molar-refractivity contribution in [3.63, 3.8) is 0 Å². The average Bonchev–Trinajstić information content (AvgIpc) is 3.62. The number of nitrogens with zero attached hydrogens (tertiary/aromatic N) is 1. The quantitative estimate of drug-likeness (QED) is 0.144. The number of oxazole rings is 1. The van der Waals surface area contributed by atoms with Crippen molar-refractivity contribution in [1.29, 1.82) is 0 Å². The molecule has 0 aliphatic rings. The van der Waals surface area contributed by atoms with E-state index in [4.69, 9.17) is 9.40 Å². The predicted octanol–water partition coefficient (Wildman–Crippen LogP) is 13.1. The SMILES string of the molecule is c1ccc(-c2ccc(-c3c4ccccc4c(-c4cccc5c4ccc4ccc6oc(-c7ccccc7)nc6c45)c4ccccc34)cc2)cc1. The third-order valence-electron chi connectivity index (χ3n) is 9.90. The van der Waals surface area contributed by atoms with E-state index in [9.17, 15) is 0 Å². The van der Waals surface area contributed by atoms with E-state index in [1.54, 1.807) is 0 Å². The number of hydrogen-bond donors (Lipinski definition) is 0. The van der Waals surface area contributed by atoms with Crippen LogP contribution in [0.2, 0.25) is 0 Å². The van der Waals surface area contributed by atoms with Crippen LogP contribution in [0.25, 0.3) is 99.0 Å². The van der Waals surface area contributed by atoms with E-state index in [1.807, 2.05) is 36.4 Å². The second-order valence-electron chi connectivity index (χ2n) is 12.6. The molecule has 1 heterocycles. The molecule has 0 radical (unpaired) electrons. The number of hydrogen-bond acceptors (Lipinski definition) is 2. The van der Waals surface area contributed by atoms with Crippen LogP contribution in [0.5, 0.6) is 0 Å². The van der Waals surface area contributed by atoms with Crippen LogP contribution >= 0.6 is 0 Å². The zero-order chi connectivity index (χ0) is 32.3. The first kappa shape index (κ1) is 27.6. The molecule has 49 heavy (non-hydrogen) atoms. The van der Waals surface area contributed by atoms with Gasteiger partial charge in [0.2, 0.25) is 5.89 Å². The van der Waals surface area contributed by atoms with Gasteiger partial charge in [0, 0.05) is 10.9 Å². The first-order valence-corrected chi connectivity index (χ1v) is 16.7. The zero-order valence-corrected chi connectivity index (χ0v) is 26.6. The van der Waals surface area contributed by atoms with Gasteiger partial charge in [0.15, 0.2) is 5.58 Å². The summed E-state index contributed by atoms with van der Waals surface area (Å²) < 4.78 is 6.32. The van der Waals surface area contributed by atoms with E-state index in [0.29, 0.717) is 5.89 Å². The lowest BCUT2D eigenvalue weighted by molar-refractivity contribution is 0.620. The van der Waals surface area contributed by atoms with E-state index in [0.717, 1.165) is 27.4 Å². The highest BCUT2D eigenvalue weighted by atomic mass is 16.3. The van der Waals surface area contributed by atoms with Gasteiger partial charge in [0.1, 0.15) is 5.52 Å². The minimum Gasteiger partial charge on any atom is -0.436 e. The minimum atomic E-state index is 0.639. The van der Waals surface area contributed by atoms with Gasteiger partial charge in [0.25, 0.3) is 0 Å². The predicted molar refractivity (Wildman–Crippen MR) is 206 cm³/mol. The summed E-state index contributed by atoms with van der Waals surface area (Å²) in [5.74, 6) is 0.639. The van der Waals surface area contributed by atoms with Crippen molar-refractivity contribution >= 4 is 54.2 Å². The van der Waals surface area contributed by atoms with Crippen molar-refractivity contribution in [3.8, 4) is 44.8 Å². The molecule has 0 fully saturated rings. The second-order valence-corrected chi connectivity index (χ2v) is 12.6. The highest BCUT2D eigenvalue weighted by molar-refractivity contribution is 6.26. The van der Waals surface area contributed by atoms with Crippen LogP contribution in [-0.4, -0.2) is 4.98 Å². The Morgan fingerprint density at radius 2 is 0.878 bits per heavy atom. The lowest BCUT2D eigenvalue weighted by Gasteiger charge is -2.19. The number of aromatic nitrogens is 1. The summed E-state index contributed by atoms with van der Waals surface area (Å²) in [7, 11) is 0. The third-order valence-corrected chi connectivity index (χ3v) is 9.90. The molecule has 0 aliphatic carbocycles. The summed E-state index contributed by atoms with van der Waals surface area (Å²) in [6.07, 6.45) is 0. The van der Waals surface area contributed by atoms with E-state index >= 15 is 0 Å². The molecule has 0 bridgehead atoms. The monoisotopic (exact) mass is 623 g/mol. The fourth-order valence-electron chi connectivity index (χ4n) is 7.68. The highest BCUT2D eigenvalue weighted by Crippen LogP contribution is 2.46. The normalized spacial score (nSPS) is 11.7. The summed E-state index contributed by atoms with van der Waals surface area (Å²) >= 11 is 0. The molecule has 2 heteroatoms. The summed E-state index contributed by atoms with van der Waals surface area (Å²) in [5, 5.41) is 9.59. The number of benzene rings is 9. The van der Waals surface area contributed by atoms with Gasteiger partial charge in [-0.2, -0.15) is 0 Å². The Labute approximate surface area is 283 Å². The fraction of sp³-hybridized carbons (Fsp3) is 0. The Kier molecular flexibility index (Phi) is 6.22. The molecule has 10 rings (SSSR count). The second kappa shape index (κ2) is 11.0. The van der Waals surface area contributed by atoms with Gasteiger partial charge in [-0.3, -0.25) is 0 Å². The lowest BCUT2D eigenvalue weighted by Crippen LogP contribution is -1.92. The molecule has 0 atom stereocenters. The maximum absolute atomic E-state index is 6.32. The maximum Gasteiger partial charge on any atom is 0.227 e. The van der Waals surface area contributed by atoms with Gasteiger partial charge in [0.05, 0.1) is 0 Å². The van der Waals surface area contributed by atoms with Crippen LogP contribution in [0.15, 0.2) is 180 Å². The third kappa shape index (κ3) is 4.38. The van der Waals surface area contributed by atoms with Crippen LogP contribution in [0.1, 0.15) is 0 Å². The molecule has 0 amide bonds. The molecule has 0 saturated heterocycles. The Morgan fingerprint density at radius 3 is 1.55 bits per heavy atom. The molecular formula is C47H29NO. The Morgan fingerprint density at radius 1 is 0.347 bits per heavy atom. The number of rotatable bonds is 4. The molecular weight excluding hydrogens is 595 g/mol. The van der Waals surface area contributed by atoms with Crippen molar-refractivity contribution in [2.45, 2.75) is 0 Å². The van der Waals surface area contributed by atoms with Crippen LogP contribution in [-0.2, 0) is 0 Å². The van der Waals surface area contributed by atoms with Crippen molar-refractivity contribution in [1.82, 2.24) is 4.98 Å². The molecule has 1 aromatic heterocycles. The molecule has 228 valence electrons. The Balaban J connectivity index is 1.23. The summed E-state index contributed by atoms with van der Waals surface area (Å²) in [5.41, 5.74) is 10.0. The van der Waals surface area contributed by atoms with Crippen molar-refractivity contribution in [2.24, 2.45) is 0 Å². The average molecular weight is 624 g/mol. The minimum absolute atomic E-state index is 0.639. The largest absolute Gasteiger partial charge is 0.436 e. The molecule has 0 unspecified atom stereocenters. The smallest absolute Gasteiger partial charge is 0.227 e. The van der Waals surface area contributed by atoms with Crippen molar-refractivity contribution in [2.75, 3.05) is 0 Å². The first-order valence-electron chi connectivity index (χ1n) is 16.7. The molecule has 0 aliphatic heterocycles. The molecule has 2 nitrogen and oxygen atoms in total. The van der Waals surface area contributed by atoms with Crippen molar-refractivity contribution < 1.29 is 4.42 Å². The van der Waals surface area contributed by atoms with E-state index in [2.05, 4.69) is 140 Å². The molecule has 0 N–H and O–H groups in total. The Bertz CT molecular complexity index is 2790. The highest BCUT2D eigenvalue weighted by Gasteiger charge is 2.20. The van der Waals surface area contributed by atoms with E-state index in [-0.39, 0.29) is 0 Å². The molecule has 0 spiro atoms. The zero-order valence-electron chi connectivity index (χ0n) is 26.6. The lowest BCUT2D eigenvalue weighted by atomic mass is 9.84. The van der Waals surface area contributed by atoms with Crippen LogP contribution in [0.3, 0.4) is 0 Å². The fourth-order valence-corrected chi connectivity index (χ4v) is 7.68. The summed E-state index contributed by atoms with van der Waals surface area (Å²) in [4.78, 5) is 5.07. The van der Waals surface area contributed by atoms with Gasteiger partial charge < -0.3 is 4.42 Å². The van der Waals surface area contributed by atoms with Gasteiger partial charge in [-0.25, -0.2) is 4.98 Å². The first-order chi connectivity index (χ1) is 24.3.